The third-order valence-electron chi connectivity index (χ3n) is 3.87. The number of aryl methyl sites for hydroxylation is 1. The van der Waals surface area contributed by atoms with Gasteiger partial charge in [0.25, 0.3) is 0 Å². The Labute approximate surface area is 167 Å². The van der Waals surface area contributed by atoms with E-state index in [1.807, 2.05) is 55.5 Å². The lowest BCUT2D eigenvalue weighted by Crippen LogP contribution is -2.29. The predicted molar refractivity (Wildman–Crippen MR) is 106 cm³/mol. The molecule has 1 amide bonds. The minimum absolute atomic E-state index is 0.118. The van der Waals surface area contributed by atoms with E-state index in [0.29, 0.717) is 29.8 Å². The second-order valence-electron chi connectivity index (χ2n) is 5.80. The number of nitrogens with one attached hydrogen (secondary N) is 1. The maximum Gasteiger partial charge on any atom is 0.230 e. The molecule has 1 heterocycles. The highest BCUT2D eigenvalue weighted by Crippen LogP contribution is 2.25. The van der Waals surface area contributed by atoms with Crippen LogP contribution in [0.4, 0.5) is 0 Å². The van der Waals surface area contributed by atoms with Gasteiger partial charge in [0.1, 0.15) is 6.61 Å². The average Bonchev–Trinajstić information content (AvgIpc) is 3.18. The van der Waals surface area contributed by atoms with E-state index in [0.717, 1.165) is 11.3 Å². The Morgan fingerprint density at radius 2 is 1.89 bits per heavy atom. The average molecular weight is 399 g/mol. The SMILES string of the molecule is COc1ccccc1OCCNC(=O)CSc1nnnn1-c1ccccc1C. The van der Waals surface area contributed by atoms with E-state index in [1.165, 1.54) is 11.8 Å². The van der Waals surface area contributed by atoms with E-state index >= 15 is 0 Å². The summed E-state index contributed by atoms with van der Waals surface area (Å²) in [4.78, 5) is 12.1. The molecule has 3 rings (SSSR count). The molecule has 0 atom stereocenters. The molecule has 8 nitrogen and oxygen atoms in total. The van der Waals surface area contributed by atoms with Gasteiger partial charge in [-0.25, -0.2) is 0 Å². The fraction of sp³-hybridized carbons (Fsp3) is 0.263. The van der Waals surface area contributed by atoms with Crippen LogP contribution in [0.5, 0.6) is 11.5 Å². The molecule has 0 unspecified atom stereocenters. The number of rotatable bonds is 9. The van der Waals surface area contributed by atoms with Gasteiger partial charge in [-0.15, -0.1) is 5.10 Å². The fourth-order valence-electron chi connectivity index (χ4n) is 2.49. The van der Waals surface area contributed by atoms with E-state index in [-0.39, 0.29) is 11.7 Å². The molecule has 146 valence electrons. The van der Waals surface area contributed by atoms with Crippen LogP contribution in [0.15, 0.2) is 53.7 Å². The molecule has 1 aromatic heterocycles. The van der Waals surface area contributed by atoms with Gasteiger partial charge in [0.2, 0.25) is 11.1 Å². The van der Waals surface area contributed by atoms with Gasteiger partial charge in [-0.2, -0.15) is 4.68 Å². The lowest BCUT2D eigenvalue weighted by molar-refractivity contribution is -0.118. The zero-order chi connectivity index (χ0) is 19.8. The Hall–Kier alpha value is -3.07. The van der Waals surface area contributed by atoms with Crippen molar-refractivity contribution in [1.82, 2.24) is 25.5 Å². The monoisotopic (exact) mass is 399 g/mol. The molecule has 0 saturated carbocycles. The fourth-order valence-corrected chi connectivity index (χ4v) is 3.21. The highest BCUT2D eigenvalue weighted by atomic mass is 32.2. The van der Waals surface area contributed by atoms with Crippen molar-refractivity contribution in [3.05, 3.63) is 54.1 Å². The predicted octanol–water partition coefficient (Wildman–Crippen LogP) is 2.27. The van der Waals surface area contributed by atoms with Gasteiger partial charge in [0.15, 0.2) is 11.5 Å². The molecular weight excluding hydrogens is 378 g/mol. The zero-order valence-corrected chi connectivity index (χ0v) is 16.5. The van der Waals surface area contributed by atoms with Crippen molar-refractivity contribution >= 4 is 17.7 Å². The van der Waals surface area contributed by atoms with Crippen molar-refractivity contribution in [1.29, 1.82) is 0 Å². The molecule has 0 fully saturated rings. The third-order valence-corrected chi connectivity index (χ3v) is 4.79. The summed E-state index contributed by atoms with van der Waals surface area (Å²) in [5.41, 5.74) is 1.94. The van der Waals surface area contributed by atoms with Crippen molar-refractivity contribution < 1.29 is 14.3 Å². The number of carbonyl (C=O) groups excluding carboxylic acids is 1. The molecule has 28 heavy (non-hydrogen) atoms. The molecule has 0 spiro atoms. The number of aromatic nitrogens is 4. The van der Waals surface area contributed by atoms with Crippen LogP contribution in [0, 0.1) is 6.92 Å². The molecule has 0 bridgehead atoms. The molecule has 2 aromatic carbocycles. The van der Waals surface area contributed by atoms with E-state index in [9.17, 15) is 4.79 Å². The lowest BCUT2D eigenvalue weighted by Gasteiger charge is -2.11. The number of methoxy groups -OCH3 is 1. The summed E-state index contributed by atoms with van der Waals surface area (Å²) in [6, 6.07) is 15.2. The Morgan fingerprint density at radius 1 is 1.14 bits per heavy atom. The van der Waals surface area contributed by atoms with Crippen LogP contribution in [-0.2, 0) is 4.79 Å². The van der Waals surface area contributed by atoms with Crippen LogP contribution >= 0.6 is 11.8 Å². The Bertz CT molecular complexity index is 931. The number of carbonyl (C=O) groups is 1. The second-order valence-corrected chi connectivity index (χ2v) is 6.74. The number of hydrogen-bond acceptors (Lipinski definition) is 7. The van der Waals surface area contributed by atoms with Crippen LogP contribution in [0.2, 0.25) is 0 Å². The van der Waals surface area contributed by atoms with Crippen molar-refractivity contribution in [3.63, 3.8) is 0 Å². The van der Waals surface area contributed by atoms with Gasteiger partial charge < -0.3 is 14.8 Å². The van der Waals surface area contributed by atoms with Crippen molar-refractivity contribution in [2.75, 3.05) is 26.0 Å². The first kappa shape index (κ1) is 19.7. The lowest BCUT2D eigenvalue weighted by atomic mass is 10.2. The first-order chi connectivity index (χ1) is 13.7. The summed E-state index contributed by atoms with van der Waals surface area (Å²) in [7, 11) is 1.59. The van der Waals surface area contributed by atoms with Gasteiger partial charge >= 0.3 is 0 Å². The van der Waals surface area contributed by atoms with E-state index in [1.54, 1.807) is 11.8 Å². The maximum atomic E-state index is 12.1. The highest BCUT2D eigenvalue weighted by Gasteiger charge is 2.12. The largest absolute Gasteiger partial charge is 0.493 e. The standard InChI is InChI=1S/C19H21N5O3S/c1-14-7-3-4-8-15(14)24-19(21-22-23-24)28-13-18(25)20-11-12-27-17-10-6-5-9-16(17)26-2/h3-10H,11-13H2,1-2H3,(H,20,25). The molecule has 9 heteroatoms. The Balaban J connectivity index is 1.46. The summed E-state index contributed by atoms with van der Waals surface area (Å²) in [6.45, 7) is 2.72. The quantitative estimate of drug-likeness (QED) is 0.436. The Morgan fingerprint density at radius 3 is 2.68 bits per heavy atom. The van der Waals surface area contributed by atoms with Crippen molar-refractivity contribution in [3.8, 4) is 17.2 Å². The maximum absolute atomic E-state index is 12.1. The van der Waals surface area contributed by atoms with Crippen LogP contribution in [0.1, 0.15) is 5.56 Å². The van der Waals surface area contributed by atoms with E-state index in [4.69, 9.17) is 9.47 Å². The summed E-state index contributed by atoms with van der Waals surface area (Å²) < 4.78 is 12.5. The zero-order valence-electron chi connectivity index (χ0n) is 15.7. The van der Waals surface area contributed by atoms with Gasteiger partial charge in [-0.3, -0.25) is 4.79 Å². The smallest absolute Gasteiger partial charge is 0.230 e. The normalized spacial score (nSPS) is 10.5. The molecule has 0 aliphatic heterocycles. The topological polar surface area (TPSA) is 91.2 Å². The van der Waals surface area contributed by atoms with Gasteiger partial charge in [-0.05, 0) is 41.1 Å². The minimum Gasteiger partial charge on any atom is -0.493 e. The number of hydrogen-bond donors (Lipinski definition) is 1. The first-order valence-electron chi connectivity index (χ1n) is 8.68. The van der Waals surface area contributed by atoms with Crippen LogP contribution in [0.25, 0.3) is 5.69 Å². The van der Waals surface area contributed by atoms with Crippen molar-refractivity contribution in [2.45, 2.75) is 12.1 Å². The summed E-state index contributed by atoms with van der Waals surface area (Å²) >= 11 is 1.28. The molecule has 0 radical (unpaired) electrons. The number of para-hydroxylation sites is 3. The van der Waals surface area contributed by atoms with E-state index < -0.39 is 0 Å². The molecule has 0 saturated heterocycles. The molecule has 1 N–H and O–H groups in total. The van der Waals surface area contributed by atoms with Gasteiger partial charge in [-0.1, -0.05) is 42.1 Å². The summed E-state index contributed by atoms with van der Waals surface area (Å²) in [6.07, 6.45) is 0. The van der Waals surface area contributed by atoms with Gasteiger partial charge in [0, 0.05) is 0 Å². The molecule has 0 aliphatic carbocycles. The molecular formula is C19H21N5O3S. The summed E-state index contributed by atoms with van der Waals surface area (Å²) in [5, 5.41) is 15.1. The highest BCUT2D eigenvalue weighted by molar-refractivity contribution is 7.99. The second kappa shape index (κ2) is 9.75. The van der Waals surface area contributed by atoms with Crippen LogP contribution in [0.3, 0.4) is 0 Å². The van der Waals surface area contributed by atoms with Crippen molar-refractivity contribution in [2.24, 2.45) is 0 Å². The van der Waals surface area contributed by atoms with Crippen LogP contribution < -0.4 is 14.8 Å². The minimum atomic E-state index is -0.118. The number of benzene rings is 2. The van der Waals surface area contributed by atoms with Gasteiger partial charge in [0.05, 0.1) is 25.1 Å². The number of nitrogens with zero attached hydrogens (tertiary/aromatic N) is 4. The third kappa shape index (κ3) is 5.01. The Kier molecular flexibility index (Phi) is 6.85. The molecule has 3 aromatic rings. The number of thioether (sulfide) groups is 1. The summed E-state index contributed by atoms with van der Waals surface area (Å²) in [5.74, 6) is 1.40. The van der Waals surface area contributed by atoms with E-state index in [2.05, 4.69) is 20.8 Å². The number of tetrazole rings is 1. The van der Waals surface area contributed by atoms with Crippen LogP contribution in [-0.4, -0.2) is 52.1 Å². The molecule has 0 aliphatic rings. The number of ether oxygens (including phenoxy) is 2. The first-order valence-corrected chi connectivity index (χ1v) is 9.67. The number of amides is 1.